The summed E-state index contributed by atoms with van der Waals surface area (Å²) in [7, 11) is 0. The van der Waals surface area contributed by atoms with Crippen LogP contribution in [-0.4, -0.2) is 37.2 Å². The summed E-state index contributed by atoms with van der Waals surface area (Å²) >= 11 is 0. The van der Waals surface area contributed by atoms with E-state index in [2.05, 4.69) is 11.8 Å². The third kappa shape index (κ3) is 1.80. The molecule has 0 spiro atoms. The fraction of sp³-hybridized carbons (Fsp3) is 1.00. The van der Waals surface area contributed by atoms with E-state index >= 15 is 0 Å². The van der Waals surface area contributed by atoms with Crippen LogP contribution in [0.4, 0.5) is 0 Å². The molecule has 2 nitrogen and oxygen atoms in total. The van der Waals surface area contributed by atoms with E-state index in [0.717, 1.165) is 25.2 Å². The average molecular weight is 169 g/mol. The van der Waals surface area contributed by atoms with E-state index in [9.17, 15) is 0 Å². The molecule has 0 N–H and O–H groups in total. The smallest absolute Gasteiger partial charge is 0.0622 e. The normalized spacial score (nSPS) is 34.2. The SMILES string of the molecule is CC1CCN(C2CCOC2)CC1. The Morgan fingerprint density at radius 2 is 1.92 bits per heavy atom. The first kappa shape index (κ1) is 8.52. The van der Waals surface area contributed by atoms with E-state index in [1.807, 2.05) is 0 Å². The Balaban J connectivity index is 1.80. The molecule has 1 unspecified atom stereocenters. The second kappa shape index (κ2) is 3.75. The highest BCUT2D eigenvalue weighted by Gasteiger charge is 2.25. The van der Waals surface area contributed by atoms with Gasteiger partial charge in [0, 0.05) is 12.6 Å². The molecule has 70 valence electrons. The van der Waals surface area contributed by atoms with Crippen LogP contribution in [0.1, 0.15) is 26.2 Å². The van der Waals surface area contributed by atoms with Gasteiger partial charge >= 0.3 is 0 Å². The number of hydrogen-bond donors (Lipinski definition) is 0. The van der Waals surface area contributed by atoms with Gasteiger partial charge in [0.2, 0.25) is 0 Å². The maximum absolute atomic E-state index is 5.40. The number of likely N-dealkylation sites (tertiary alicyclic amines) is 1. The van der Waals surface area contributed by atoms with Crippen molar-refractivity contribution in [3.05, 3.63) is 0 Å². The molecule has 0 bridgehead atoms. The molecule has 0 saturated carbocycles. The van der Waals surface area contributed by atoms with Gasteiger partial charge < -0.3 is 4.74 Å². The Bertz CT molecular complexity index is 135. The second-order valence-electron chi connectivity index (χ2n) is 4.24. The lowest BCUT2D eigenvalue weighted by molar-refractivity contribution is 0.113. The lowest BCUT2D eigenvalue weighted by Gasteiger charge is -2.33. The predicted molar refractivity (Wildman–Crippen MR) is 49.2 cm³/mol. The zero-order valence-corrected chi connectivity index (χ0v) is 7.96. The molecule has 0 aromatic heterocycles. The average Bonchev–Trinajstić information content (AvgIpc) is 2.58. The van der Waals surface area contributed by atoms with Crippen LogP contribution in [0.3, 0.4) is 0 Å². The van der Waals surface area contributed by atoms with E-state index in [0.29, 0.717) is 0 Å². The summed E-state index contributed by atoms with van der Waals surface area (Å²) in [5, 5.41) is 0. The molecule has 0 aliphatic carbocycles. The van der Waals surface area contributed by atoms with E-state index in [1.54, 1.807) is 0 Å². The van der Waals surface area contributed by atoms with E-state index in [1.165, 1.54) is 32.4 Å². The number of piperidine rings is 1. The Hall–Kier alpha value is -0.0800. The number of hydrogen-bond acceptors (Lipinski definition) is 2. The van der Waals surface area contributed by atoms with Crippen molar-refractivity contribution < 1.29 is 4.74 Å². The minimum atomic E-state index is 0.748. The van der Waals surface area contributed by atoms with Crippen LogP contribution < -0.4 is 0 Å². The van der Waals surface area contributed by atoms with Crippen LogP contribution in [0, 0.1) is 5.92 Å². The van der Waals surface area contributed by atoms with Crippen LogP contribution in [0.15, 0.2) is 0 Å². The standard InChI is InChI=1S/C10H19NO/c1-9-2-5-11(6-3-9)10-4-7-12-8-10/h9-10H,2-8H2,1H3. The molecule has 2 aliphatic heterocycles. The number of nitrogens with zero attached hydrogens (tertiary/aromatic N) is 1. The Morgan fingerprint density at radius 1 is 1.17 bits per heavy atom. The van der Waals surface area contributed by atoms with Crippen molar-refractivity contribution in [2.45, 2.75) is 32.2 Å². The molecule has 0 radical (unpaired) electrons. The molecule has 2 fully saturated rings. The van der Waals surface area contributed by atoms with Crippen LogP contribution in [0.2, 0.25) is 0 Å². The highest BCUT2D eigenvalue weighted by molar-refractivity contribution is 4.79. The Kier molecular flexibility index (Phi) is 2.66. The van der Waals surface area contributed by atoms with Crippen molar-refractivity contribution in [2.75, 3.05) is 26.3 Å². The van der Waals surface area contributed by atoms with Crippen molar-refractivity contribution in [3.63, 3.8) is 0 Å². The monoisotopic (exact) mass is 169 g/mol. The third-order valence-corrected chi connectivity index (χ3v) is 3.24. The lowest BCUT2D eigenvalue weighted by Crippen LogP contribution is -2.41. The van der Waals surface area contributed by atoms with Crippen LogP contribution in [-0.2, 0) is 4.74 Å². The zero-order chi connectivity index (χ0) is 8.39. The molecular weight excluding hydrogens is 150 g/mol. The molecule has 2 aliphatic rings. The fourth-order valence-electron chi connectivity index (χ4n) is 2.20. The summed E-state index contributed by atoms with van der Waals surface area (Å²) in [4.78, 5) is 2.62. The zero-order valence-electron chi connectivity index (χ0n) is 7.96. The molecule has 2 rings (SSSR count). The Morgan fingerprint density at radius 3 is 2.50 bits per heavy atom. The predicted octanol–water partition coefficient (Wildman–Crippen LogP) is 1.51. The van der Waals surface area contributed by atoms with Gasteiger partial charge in [-0.05, 0) is 38.3 Å². The quantitative estimate of drug-likeness (QED) is 0.590. The summed E-state index contributed by atoms with van der Waals surface area (Å²) in [6.07, 6.45) is 4.03. The second-order valence-corrected chi connectivity index (χ2v) is 4.24. The van der Waals surface area contributed by atoms with Crippen molar-refractivity contribution in [3.8, 4) is 0 Å². The first-order valence-corrected chi connectivity index (χ1v) is 5.18. The largest absolute Gasteiger partial charge is 0.380 e. The van der Waals surface area contributed by atoms with Gasteiger partial charge in [-0.1, -0.05) is 6.92 Å². The lowest BCUT2D eigenvalue weighted by atomic mass is 9.98. The molecule has 2 saturated heterocycles. The van der Waals surface area contributed by atoms with Gasteiger partial charge in [-0.3, -0.25) is 4.90 Å². The molecule has 0 aromatic rings. The van der Waals surface area contributed by atoms with Crippen LogP contribution >= 0.6 is 0 Å². The summed E-state index contributed by atoms with van der Waals surface area (Å²) in [6, 6.07) is 0.748. The van der Waals surface area contributed by atoms with E-state index < -0.39 is 0 Å². The van der Waals surface area contributed by atoms with Crippen molar-refractivity contribution >= 4 is 0 Å². The molecule has 2 heteroatoms. The van der Waals surface area contributed by atoms with Gasteiger partial charge in [0.1, 0.15) is 0 Å². The van der Waals surface area contributed by atoms with Crippen molar-refractivity contribution in [1.82, 2.24) is 4.90 Å². The molecular formula is C10H19NO. The molecule has 1 atom stereocenters. The molecule has 0 amide bonds. The molecule has 0 aromatic carbocycles. The van der Waals surface area contributed by atoms with Gasteiger partial charge in [-0.15, -0.1) is 0 Å². The maximum atomic E-state index is 5.40. The minimum Gasteiger partial charge on any atom is -0.380 e. The number of rotatable bonds is 1. The third-order valence-electron chi connectivity index (χ3n) is 3.24. The van der Waals surface area contributed by atoms with Crippen molar-refractivity contribution in [1.29, 1.82) is 0 Å². The van der Waals surface area contributed by atoms with Gasteiger partial charge in [-0.25, -0.2) is 0 Å². The summed E-state index contributed by atoms with van der Waals surface area (Å²) < 4.78 is 5.40. The summed E-state index contributed by atoms with van der Waals surface area (Å²) in [5.41, 5.74) is 0. The molecule has 12 heavy (non-hydrogen) atoms. The molecule has 2 heterocycles. The highest BCUT2D eigenvalue weighted by Crippen LogP contribution is 2.21. The Labute approximate surface area is 74.9 Å². The van der Waals surface area contributed by atoms with Gasteiger partial charge in [-0.2, -0.15) is 0 Å². The van der Waals surface area contributed by atoms with Crippen LogP contribution in [0.5, 0.6) is 0 Å². The summed E-state index contributed by atoms with van der Waals surface area (Å²) in [6.45, 7) is 6.93. The van der Waals surface area contributed by atoms with E-state index in [4.69, 9.17) is 4.74 Å². The van der Waals surface area contributed by atoms with Gasteiger partial charge in [0.15, 0.2) is 0 Å². The van der Waals surface area contributed by atoms with Gasteiger partial charge in [0.05, 0.1) is 6.61 Å². The summed E-state index contributed by atoms with van der Waals surface area (Å²) in [5.74, 6) is 0.948. The maximum Gasteiger partial charge on any atom is 0.0622 e. The van der Waals surface area contributed by atoms with E-state index in [-0.39, 0.29) is 0 Å². The minimum absolute atomic E-state index is 0.748. The van der Waals surface area contributed by atoms with Gasteiger partial charge in [0.25, 0.3) is 0 Å². The fourth-order valence-corrected chi connectivity index (χ4v) is 2.20. The first-order valence-electron chi connectivity index (χ1n) is 5.18. The first-order chi connectivity index (χ1) is 5.86. The highest BCUT2D eigenvalue weighted by atomic mass is 16.5. The topological polar surface area (TPSA) is 12.5 Å². The van der Waals surface area contributed by atoms with Crippen molar-refractivity contribution in [2.24, 2.45) is 5.92 Å². The van der Waals surface area contributed by atoms with Crippen LogP contribution in [0.25, 0.3) is 0 Å². The number of ether oxygens (including phenoxy) is 1.